The van der Waals surface area contributed by atoms with E-state index < -0.39 is 11.3 Å². The van der Waals surface area contributed by atoms with Crippen molar-refractivity contribution in [3.05, 3.63) is 99.7 Å². The van der Waals surface area contributed by atoms with E-state index in [-0.39, 0.29) is 0 Å². The Morgan fingerprint density at radius 1 is 0.774 bits per heavy atom. The Labute approximate surface area is 177 Å². The molecule has 0 saturated carbocycles. The topological polar surface area (TPSA) is 72.5 Å². The van der Waals surface area contributed by atoms with E-state index in [1.807, 2.05) is 61.5 Å². The number of benzene rings is 3. The molecular weight excluding hydrogens is 390 g/mol. The van der Waals surface area contributed by atoms with Gasteiger partial charge in [0, 0.05) is 40.7 Å². The molecule has 0 fully saturated rings. The van der Waals surface area contributed by atoms with Crippen molar-refractivity contribution < 1.29 is 8.83 Å². The summed E-state index contributed by atoms with van der Waals surface area (Å²) in [7, 11) is 0. The van der Waals surface area contributed by atoms with Gasteiger partial charge in [-0.15, -0.1) is 0 Å². The molecule has 0 amide bonds. The second kappa shape index (κ2) is 7.61. The monoisotopic (exact) mass is 409 g/mol. The average Bonchev–Trinajstić information content (AvgIpc) is 2.78. The van der Waals surface area contributed by atoms with E-state index in [0.717, 1.165) is 34.1 Å². The van der Waals surface area contributed by atoms with Crippen molar-refractivity contribution in [1.29, 1.82) is 0 Å². The van der Waals surface area contributed by atoms with Crippen LogP contribution in [0.4, 0.5) is 5.69 Å². The van der Waals surface area contributed by atoms with E-state index in [9.17, 15) is 9.59 Å². The third-order valence-electron chi connectivity index (χ3n) is 5.26. The van der Waals surface area contributed by atoms with E-state index in [1.54, 1.807) is 18.2 Å². The molecule has 0 atom stereocenters. The van der Waals surface area contributed by atoms with Crippen molar-refractivity contribution >= 4 is 27.6 Å². The number of rotatable bonds is 4. The Morgan fingerprint density at radius 3 is 2.42 bits per heavy atom. The number of hydrogen-bond acceptors (Lipinski definition) is 5. The van der Waals surface area contributed by atoms with Crippen molar-refractivity contribution in [1.82, 2.24) is 0 Å². The van der Waals surface area contributed by atoms with Crippen LogP contribution in [0.25, 0.3) is 44.2 Å². The fraction of sp³-hybridized carbons (Fsp3) is 0.0769. The molecule has 0 unspecified atom stereocenters. The van der Waals surface area contributed by atoms with E-state index in [2.05, 4.69) is 5.32 Å². The first kappa shape index (κ1) is 18.9. The van der Waals surface area contributed by atoms with E-state index in [0.29, 0.717) is 22.3 Å². The SMILES string of the molecule is CCNc1ccc2cc(-c3cccc4c(-c5ccccc5)cc(=O)oc34)c(=O)oc2c1. The summed E-state index contributed by atoms with van der Waals surface area (Å²) in [4.78, 5) is 25.3. The highest BCUT2D eigenvalue weighted by Crippen LogP contribution is 2.33. The molecule has 5 aromatic rings. The second-order valence-electron chi connectivity index (χ2n) is 7.26. The van der Waals surface area contributed by atoms with Crippen LogP contribution in [0.2, 0.25) is 0 Å². The van der Waals surface area contributed by atoms with Crippen LogP contribution in [0, 0.1) is 0 Å². The smallest absolute Gasteiger partial charge is 0.344 e. The molecule has 0 aliphatic rings. The molecule has 0 bridgehead atoms. The van der Waals surface area contributed by atoms with Crippen molar-refractivity contribution in [2.75, 3.05) is 11.9 Å². The summed E-state index contributed by atoms with van der Waals surface area (Å²) >= 11 is 0. The minimum Gasteiger partial charge on any atom is -0.422 e. The van der Waals surface area contributed by atoms with Gasteiger partial charge in [0.15, 0.2) is 0 Å². The first-order valence-electron chi connectivity index (χ1n) is 10.1. The molecule has 0 aliphatic heterocycles. The fourth-order valence-electron chi connectivity index (χ4n) is 3.87. The van der Waals surface area contributed by atoms with Gasteiger partial charge in [-0.3, -0.25) is 0 Å². The first-order valence-corrected chi connectivity index (χ1v) is 10.1. The minimum absolute atomic E-state index is 0.350. The number of nitrogens with one attached hydrogen (secondary N) is 1. The van der Waals surface area contributed by atoms with Crippen LogP contribution >= 0.6 is 0 Å². The van der Waals surface area contributed by atoms with Gasteiger partial charge in [0.05, 0.1) is 5.56 Å². The van der Waals surface area contributed by atoms with Gasteiger partial charge < -0.3 is 14.2 Å². The van der Waals surface area contributed by atoms with Crippen molar-refractivity contribution in [3.8, 4) is 22.3 Å². The third kappa shape index (κ3) is 3.40. The van der Waals surface area contributed by atoms with Gasteiger partial charge in [0.25, 0.3) is 0 Å². The zero-order chi connectivity index (χ0) is 21.4. The number of fused-ring (bicyclic) bond motifs is 2. The van der Waals surface area contributed by atoms with Crippen LogP contribution in [-0.4, -0.2) is 6.54 Å². The minimum atomic E-state index is -0.485. The lowest BCUT2D eigenvalue weighted by molar-refractivity contribution is 0.556. The first-order chi connectivity index (χ1) is 15.1. The summed E-state index contributed by atoms with van der Waals surface area (Å²) in [5.74, 6) is 0. The molecular formula is C26H19NO4. The van der Waals surface area contributed by atoms with Crippen molar-refractivity contribution in [3.63, 3.8) is 0 Å². The van der Waals surface area contributed by atoms with E-state index in [1.165, 1.54) is 6.07 Å². The highest BCUT2D eigenvalue weighted by Gasteiger charge is 2.16. The molecule has 0 spiro atoms. The maximum Gasteiger partial charge on any atom is 0.344 e. The molecule has 152 valence electrons. The fourth-order valence-corrected chi connectivity index (χ4v) is 3.87. The average molecular weight is 409 g/mol. The zero-order valence-electron chi connectivity index (χ0n) is 16.8. The molecule has 2 aromatic heterocycles. The largest absolute Gasteiger partial charge is 0.422 e. The van der Waals surface area contributed by atoms with E-state index >= 15 is 0 Å². The molecule has 5 rings (SSSR count). The second-order valence-corrected chi connectivity index (χ2v) is 7.26. The Hall–Kier alpha value is -4.12. The van der Waals surface area contributed by atoms with Crippen LogP contribution in [0.5, 0.6) is 0 Å². The number of anilines is 1. The van der Waals surface area contributed by atoms with Crippen LogP contribution in [0.15, 0.2) is 97.3 Å². The molecule has 0 saturated heterocycles. The third-order valence-corrected chi connectivity index (χ3v) is 5.26. The lowest BCUT2D eigenvalue weighted by Crippen LogP contribution is -2.05. The number of hydrogen-bond donors (Lipinski definition) is 1. The van der Waals surface area contributed by atoms with Crippen LogP contribution in [0.3, 0.4) is 0 Å². The summed E-state index contributed by atoms with van der Waals surface area (Å²) < 4.78 is 11.2. The molecule has 2 heterocycles. The Balaban J connectivity index is 1.76. The summed E-state index contributed by atoms with van der Waals surface area (Å²) in [6, 6.07) is 24.0. The van der Waals surface area contributed by atoms with E-state index in [4.69, 9.17) is 8.83 Å². The summed E-state index contributed by atoms with van der Waals surface area (Å²) in [5.41, 5.74) is 3.33. The normalized spacial score (nSPS) is 11.1. The molecule has 1 N–H and O–H groups in total. The Bertz CT molecular complexity index is 1530. The van der Waals surface area contributed by atoms with Gasteiger partial charge in [0.2, 0.25) is 0 Å². The maximum atomic E-state index is 12.9. The predicted molar refractivity (Wildman–Crippen MR) is 124 cm³/mol. The van der Waals surface area contributed by atoms with Crippen molar-refractivity contribution in [2.45, 2.75) is 6.92 Å². The van der Waals surface area contributed by atoms with Gasteiger partial charge in [-0.05, 0) is 36.2 Å². The van der Waals surface area contributed by atoms with Crippen molar-refractivity contribution in [2.24, 2.45) is 0 Å². The Kier molecular flexibility index (Phi) is 4.64. The summed E-state index contributed by atoms with van der Waals surface area (Å²) in [5, 5.41) is 4.75. The predicted octanol–water partition coefficient (Wildman–Crippen LogP) is 5.67. The quantitative estimate of drug-likeness (QED) is 0.388. The van der Waals surface area contributed by atoms with Gasteiger partial charge >= 0.3 is 11.3 Å². The zero-order valence-corrected chi connectivity index (χ0v) is 16.8. The molecule has 0 aliphatic carbocycles. The van der Waals surface area contributed by atoms with Gasteiger partial charge in [-0.2, -0.15) is 0 Å². The van der Waals surface area contributed by atoms with Gasteiger partial charge in [-0.25, -0.2) is 9.59 Å². The standard InChI is InChI=1S/C26H19NO4/c1-2-27-18-12-11-17-13-22(26(29)30-23(17)14-18)20-10-6-9-19-21(15-24(28)31-25(19)20)16-7-4-3-5-8-16/h3-15,27H,2H2,1H3. The van der Waals surface area contributed by atoms with Crippen LogP contribution in [-0.2, 0) is 0 Å². The lowest BCUT2D eigenvalue weighted by Gasteiger charge is -2.10. The molecule has 31 heavy (non-hydrogen) atoms. The van der Waals surface area contributed by atoms with Crippen LogP contribution < -0.4 is 16.6 Å². The molecule has 0 radical (unpaired) electrons. The van der Waals surface area contributed by atoms with Crippen LogP contribution in [0.1, 0.15) is 6.92 Å². The molecule has 3 aromatic carbocycles. The summed E-state index contributed by atoms with van der Waals surface area (Å²) in [6.07, 6.45) is 0. The molecule has 5 nitrogen and oxygen atoms in total. The number of para-hydroxylation sites is 1. The molecule has 5 heteroatoms. The maximum absolute atomic E-state index is 12.9. The highest BCUT2D eigenvalue weighted by atomic mass is 16.4. The summed E-state index contributed by atoms with van der Waals surface area (Å²) in [6.45, 7) is 2.77. The van der Waals surface area contributed by atoms with Gasteiger partial charge in [0.1, 0.15) is 11.2 Å². The lowest BCUT2D eigenvalue weighted by atomic mass is 9.97. The Morgan fingerprint density at radius 2 is 1.61 bits per heavy atom. The van der Waals surface area contributed by atoms with Gasteiger partial charge in [-0.1, -0.05) is 48.5 Å². The highest BCUT2D eigenvalue weighted by molar-refractivity contribution is 6.01.